The molecule has 0 saturated heterocycles. The quantitative estimate of drug-likeness (QED) is 0.398. The van der Waals surface area contributed by atoms with Gasteiger partial charge in [0.2, 0.25) is 0 Å². The predicted molar refractivity (Wildman–Crippen MR) is 123 cm³/mol. The number of benzene rings is 3. The minimum absolute atomic E-state index is 0.0339. The maximum atomic E-state index is 13.3. The van der Waals surface area contributed by atoms with E-state index in [1.165, 1.54) is 28.6 Å². The average molecular weight is 463 g/mol. The molecule has 1 aliphatic heterocycles. The Bertz CT molecular complexity index is 1320. The number of nitrogens with zero attached hydrogens (tertiary/aromatic N) is 2. The number of sulfonamides is 1. The second kappa shape index (κ2) is 7.74. The summed E-state index contributed by atoms with van der Waals surface area (Å²) in [5.41, 5.74) is 1.84. The van der Waals surface area contributed by atoms with Crippen molar-refractivity contribution in [1.82, 2.24) is 4.31 Å². The van der Waals surface area contributed by atoms with Gasteiger partial charge in [0.25, 0.3) is 15.7 Å². The fraction of sp³-hybridized carbons (Fsp3) is 0.200. The smallest absolute Gasteiger partial charge is 0.269 e. The number of non-ortho nitro benzene ring substituents is 1. The summed E-state index contributed by atoms with van der Waals surface area (Å²) in [6, 6.07) is 23.1. The topological polar surface area (TPSA) is 89.8 Å². The van der Waals surface area contributed by atoms with Crippen molar-refractivity contribution < 1.29 is 18.1 Å². The van der Waals surface area contributed by atoms with Crippen LogP contribution in [0.25, 0.3) is 0 Å². The maximum absolute atomic E-state index is 13.3. The number of hydrogen-bond donors (Lipinski definition) is 0. The number of allylic oxidation sites excluding steroid dienone is 1. The van der Waals surface area contributed by atoms with E-state index >= 15 is 0 Å². The fourth-order valence-corrected chi connectivity index (χ4v) is 6.35. The molecule has 0 unspecified atom stereocenters. The summed E-state index contributed by atoms with van der Waals surface area (Å²) < 4.78 is 33.2. The average Bonchev–Trinajstić information content (AvgIpc) is 3.54. The fourth-order valence-electron chi connectivity index (χ4n) is 5.02. The van der Waals surface area contributed by atoms with Crippen LogP contribution in [-0.4, -0.2) is 31.3 Å². The molecule has 1 fully saturated rings. The zero-order valence-corrected chi connectivity index (χ0v) is 18.7. The molecule has 3 aromatic carbocycles. The van der Waals surface area contributed by atoms with Crippen LogP contribution < -0.4 is 4.74 Å². The van der Waals surface area contributed by atoms with Crippen molar-refractivity contribution in [2.24, 2.45) is 5.92 Å². The number of hydrogen-bond acceptors (Lipinski definition) is 5. The lowest BCUT2D eigenvalue weighted by Crippen LogP contribution is -2.32. The third-order valence-electron chi connectivity index (χ3n) is 6.72. The Hall–Kier alpha value is -3.65. The van der Waals surface area contributed by atoms with E-state index < -0.39 is 14.9 Å². The molecule has 0 radical (unpaired) electrons. The molecule has 0 aromatic heterocycles. The molecule has 7 nitrogen and oxygen atoms in total. The number of rotatable bonds is 6. The van der Waals surface area contributed by atoms with E-state index in [0.717, 1.165) is 16.9 Å². The molecule has 2 aliphatic rings. The van der Waals surface area contributed by atoms with Gasteiger partial charge in [0.15, 0.2) is 0 Å². The van der Waals surface area contributed by atoms with Gasteiger partial charge >= 0.3 is 0 Å². The summed E-state index contributed by atoms with van der Waals surface area (Å²) in [6.07, 6.45) is 3.63. The first-order valence-corrected chi connectivity index (χ1v) is 12.0. The molecule has 8 heteroatoms. The third-order valence-corrected chi connectivity index (χ3v) is 8.47. The zero-order chi connectivity index (χ0) is 23.2. The van der Waals surface area contributed by atoms with Crippen molar-refractivity contribution in [3.8, 4) is 5.75 Å². The van der Waals surface area contributed by atoms with Crippen LogP contribution in [0.15, 0.2) is 96.0 Å². The first-order chi connectivity index (χ1) is 15.9. The molecule has 3 aromatic rings. The number of nitro benzene ring substituents is 1. The first kappa shape index (κ1) is 21.2. The lowest BCUT2D eigenvalue weighted by atomic mass is 9.89. The summed E-state index contributed by atoms with van der Waals surface area (Å²) in [7, 11) is -2.21. The molecule has 0 N–H and O–H groups in total. The van der Waals surface area contributed by atoms with E-state index in [4.69, 9.17) is 4.74 Å². The van der Waals surface area contributed by atoms with Gasteiger partial charge < -0.3 is 4.74 Å². The molecular weight excluding hydrogens is 440 g/mol. The van der Waals surface area contributed by atoms with Gasteiger partial charge in [-0.25, -0.2) is 8.42 Å². The molecule has 3 atom stereocenters. The summed E-state index contributed by atoms with van der Waals surface area (Å²) in [5.74, 6) is 0.970. The van der Waals surface area contributed by atoms with E-state index in [0.29, 0.717) is 6.54 Å². The second-order valence-corrected chi connectivity index (χ2v) is 10.2. The molecule has 1 heterocycles. The number of methoxy groups -OCH3 is 1. The van der Waals surface area contributed by atoms with E-state index in [-0.39, 0.29) is 27.8 Å². The van der Waals surface area contributed by atoms with Crippen LogP contribution in [0.1, 0.15) is 17.0 Å². The van der Waals surface area contributed by atoms with E-state index in [2.05, 4.69) is 12.1 Å². The van der Waals surface area contributed by atoms with Crippen molar-refractivity contribution in [3.63, 3.8) is 0 Å². The highest BCUT2D eigenvalue weighted by atomic mass is 32.2. The van der Waals surface area contributed by atoms with E-state index in [9.17, 15) is 18.5 Å². The van der Waals surface area contributed by atoms with Gasteiger partial charge in [0.1, 0.15) is 5.75 Å². The van der Waals surface area contributed by atoms with Crippen molar-refractivity contribution >= 4 is 15.7 Å². The molecule has 0 amide bonds. The summed E-state index contributed by atoms with van der Waals surface area (Å²) >= 11 is 0. The van der Waals surface area contributed by atoms with Crippen LogP contribution in [0.5, 0.6) is 5.75 Å². The number of fused-ring (bicyclic) bond motifs is 1. The SMILES string of the molecule is COc1ccc([C@]23C=CN(S(=O)(=O)c4ccc([N+](=O)[O-])cc4)C[C@H]2[C@@H]3c2ccccc2)cc1. The van der Waals surface area contributed by atoms with Crippen LogP contribution in [0.2, 0.25) is 0 Å². The van der Waals surface area contributed by atoms with Crippen molar-refractivity contribution in [2.45, 2.75) is 16.2 Å². The van der Waals surface area contributed by atoms with E-state index in [1.54, 1.807) is 13.3 Å². The van der Waals surface area contributed by atoms with Gasteiger partial charge in [-0.1, -0.05) is 48.5 Å². The Morgan fingerprint density at radius 3 is 2.27 bits per heavy atom. The number of ether oxygens (including phenoxy) is 1. The van der Waals surface area contributed by atoms with Gasteiger partial charge in [0, 0.05) is 36.2 Å². The van der Waals surface area contributed by atoms with Crippen molar-refractivity contribution in [1.29, 1.82) is 0 Å². The summed E-state index contributed by atoms with van der Waals surface area (Å²) in [6.45, 7) is 0.321. The molecule has 0 bridgehead atoms. The van der Waals surface area contributed by atoms with Gasteiger partial charge in [-0.3, -0.25) is 14.4 Å². The Kier molecular flexibility index (Phi) is 4.97. The van der Waals surface area contributed by atoms with E-state index in [1.807, 2.05) is 48.5 Å². The lowest BCUT2D eigenvalue weighted by molar-refractivity contribution is -0.384. The van der Waals surface area contributed by atoms with Crippen molar-refractivity contribution in [2.75, 3.05) is 13.7 Å². The zero-order valence-electron chi connectivity index (χ0n) is 17.9. The largest absolute Gasteiger partial charge is 0.497 e. The highest BCUT2D eigenvalue weighted by Gasteiger charge is 2.66. The van der Waals surface area contributed by atoms with Gasteiger partial charge in [-0.15, -0.1) is 0 Å². The van der Waals surface area contributed by atoms with Crippen molar-refractivity contribution in [3.05, 3.63) is 112 Å². The van der Waals surface area contributed by atoms with Crippen LogP contribution in [-0.2, 0) is 15.4 Å². The first-order valence-electron chi connectivity index (χ1n) is 10.5. The lowest BCUT2D eigenvalue weighted by Gasteiger charge is -2.27. The highest BCUT2D eigenvalue weighted by molar-refractivity contribution is 7.89. The highest BCUT2D eigenvalue weighted by Crippen LogP contribution is 2.68. The maximum Gasteiger partial charge on any atom is 0.269 e. The molecule has 33 heavy (non-hydrogen) atoms. The monoisotopic (exact) mass is 462 g/mol. The molecule has 168 valence electrons. The third kappa shape index (κ3) is 3.38. The Morgan fingerprint density at radius 2 is 1.67 bits per heavy atom. The second-order valence-electron chi connectivity index (χ2n) is 8.30. The minimum atomic E-state index is -3.83. The minimum Gasteiger partial charge on any atom is -0.497 e. The standard InChI is InChI=1S/C25H22N2O5S/c1-32-21-11-7-19(8-12-21)25-15-16-26(17-23(25)24(25)18-5-3-2-4-6-18)33(30,31)22-13-9-20(10-14-22)27(28)29/h2-16,23-24H,17H2,1H3/t23-,24-,25+/m0/s1. The van der Waals surface area contributed by atoms with Crippen LogP contribution in [0.3, 0.4) is 0 Å². The Morgan fingerprint density at radius 1 is 1.00 bits per heavy atom. The summed E-state index contributed by atoms with van der Waals surface area (Å²) in [5, 5.41) is 10.9. The Balaban J connectivity index is 1.51. The normalized spacial score (nSPS) is 23.6. The van der Waals surface area contributed by atoms with Gasteiger partial charge in [-0.05, 0) is 41.3 Å². The Labute approximate surface area is 192 Å². The molecule has 1 saturated carbocycles. The van der Waals surface area contributed by atoms with Gasteiger partial charge in [0.05, 0.1) is 16.9 Å². The number of nitro groups is 1. The molecule has 0 spiro atoms. The summed E-state index contributed by atoms with van der Waals surface area (Å²) in [4.78, 5) is 10.4. The molecule has 5 rings (SSSR count). The predicted octanol–water partition coefficient (Wildman–Crippen LogP) is 4.47. The van der Waals surface area contributed by atoms with Crippen LogP contribution in [0, 0.1) is 16.0 Å². The van der Waals surface area contributed by atoms with Crippen LogP contribution >= 0.6 is 0 Å². The molecule has 1 aliphatic carbocycles. The van der Waals surface area contributed by atoms with Crippen LogP contribution in [0.4, 0.5) is 5.69 Å². The molecular formula is C25H22N2O5S. The van der Waals surface area contributed by atoms with Gasteiger partial charge in [-0.2, -0.15) is 0 Å².